The summed E-state index contributed by atoms with van der Waals surface area (Å²) in [6.45, 7) is 5.72. The highest BCUT2D eigenvalue weighted by molar-refractivity contribution is 7.14. The number of esters is 1. The Hall–Kier alpha value is -2.73. The van der Waals surface area contributed by atoms with Crippen molar-refractivity contribution in [2.24, 2.45) is 0 Å². The summed E-state index contributed by atoms with van der Waals surface area (Å²) in [6.07, 6.45) is 0.113. The Morgan fingerprint density at radius 3 is 2.56 bits per heavy atom. The van der Waals surface area contributed by atoms with Crippen LogP contribution in [-0.2, 0) is 16.1 Å². The number of hydrogen-bond donors (Lipinski definition) is 0. The maximum Gasteiger partial charge on any atom is 0.336 e. The molecule has 0 saturated heterocycles. The summed E-state index contributed by atoms with van der Waals surface area (Å²) in [5.41, 5.74) is 2.52. The van der Waals surface area contributed by atoms with Crippen molar-refractivity contribution in [3.63, 3.8) is 0 Å². The van der Waals surface area contributed by atoms with Gasteiger partial charge in [0.05, 0.1) is 11.3 Å². The number of thiophene rings is 1. The summed E-state index contributed by atoms with van der Waals surface area (Å²) in [4.78, 5) is 37.6. The average Bonchev–Trinajstić information content (AvgIpc) is 3.07. The molecule has 0 unspecified atom stereocenters. The third kappa shape index (κ3) is 4.34. The summed E-state index contributed by atoms with van der Waals surface area (Å²) in [5.74, 6) is -0.538. The molecule has 6 heteroatoms. The number of ether oxygens (including phenoxy) is 1. The van der Waals surface area contributed by atoms with Crippen LogP contribution in [0.25, 0.3) is 11.0 Å². The molecule has 0 aliphatic heterocycles. The SMILES string of the molecule is Cc1ccc(C(=O)CCC(=O)OCc2cc(=O)oc3c(C)c(C)ccc23)s1. The van der Waals surface area contributed by atoms with Crippen LogP contribution in [0.3, 0.4) is 0 Å². The molecule has 5 nitrogen and oxygen atoms in total. The quantitative estimate of drug-likeness (QED) is 0.356. The van der Waals surface area contributed by atoms with Gasteiger partial charge in [0.2, 0.25) is 0 Å². The van der Waals surface area contributed by atoms with Crippen molar-refractivity contribution in [2.75, 3.05) is 0 Å². The molecule has 0 atom stereocenters. The van der Waals surface area contributed by atoms with E-state index < -0.39 is 11.6 Å². The van der Waals surface area contributed by atoms with E-state index in [1.54, 1.807) is 6.07 Å². The fraction of sp³-hybridized carbons (Fsp3) is 0.286. The zero-order chi connectivity index (χ0) is 19.6. The van der Waals surface area contributed by atoms with E-state index in [0.29, 0.717) is 16.0 Å². The summed E-state index contributed by atoms with van der Waals surface area (Å²) < 4.78 is 10.6. The number of carbonyl (C=O) groups excluding carboxylic acids is 2. The highest BCUT2D eigenvalue weighted by Crippen LogP contribution is 2.24. The van der Waals surface area contributed by atoms with Gasteiger partial charge in [-0.1, -0.05) is 12.1 Å². The monoisotopic (exact) mass is 384 g/mol. The van der Waals surface area contributed by atoms with E-state index in [1.165, 1.54) is 17.4 Å². The molecule has 3 rings (SSSR count). The van der Waals surface area contributed by atoms with Gasteiger partial charge in [-0.3, -0.25) is 9.59 Å². The van der Waals surface area contributed by atoms with Gasteiger partial charge in [-0.2, -0.15) is 0 Å². The van der Waals surface area contributed by atoms with Crippen LogP contribution in [0.4, 0.5) is 0 Å². The van der Waals surface area contributed by atoms with Gasteiger partial charge in [-0.05, 0) is 44.0 Å². The molecule has 0 fully saturated rings. The van der Waals surface area contributed by atoms with Gasteiger partial charge in [0.25, 0.3) is 0 Å². The first-order valence-corrected chi connectivity index (χ1v) is 9.45. The lowest BCUT2D eigenvalue weighted by Crippen LogP contribution is -2.09. The third-order valence-corrected chi connectivity index (χ3v) is 5.52. The molecular formula is C21H20O5S. The minimum absolute atomic E-state index is 0.00723. The van der Waals surface area contributed by atoms with Gasteiger partial charge in [-0.25, -0.2) is 4.79 Å². The van der Waals surface area contributed by atoms with E-state index in [4.69, 9.17) is 9.15 Å². The van der Waals surface area contributed by atoms with Crippen LogP contribution in [0.5, 0.6) is 0 Å². The van der Waals surface area contributed by atoms with Gasteiger partial charge in [-0.15, -0.1) is 11.3 Å². The number of carbonyl (C=O) groups is 2. The summed E-state index contributed by atoms with van der Waals surface area (Å²) in [6, 6.07) is 8.78. The predicted molar refractivity (Wildman–Crippen MR) is 104 cm³/mol. The van der Waals surface area contributed by atoms with Crippen LogP contribution >= 0.6 is 11.3 Å². The zero-order valence-electron chi connectivity index (χ0n) is 15.5. The van der Waals surface area contributed by atoms with Gasteiger partial charge in [0.15, 0.2) is 5.78 Å². The number of fused-ring (bicyclic) bond motifs is 1. The van der Waals surface area contributed by atoms with E-state index in [-0.39, 0.29) is 25.2 Å². The van der Waals surface area contributed by atoms with E-state index in [1.807, 2.05) is 39.0 Å². The maximum atomic E-state index is 12.1. The molecule has 27 heavy (non-hydrogen) atoms. The van der Waals surface area contributed by atoms with Crippen molar-refractivity contribution in [1.82, 2.24) is 0 Å². The van der Waals surface area contributed by atoms with Crippen molar-refractivity contribution in [2.45, 2.75) is 40.2 Å². The Labute approximate surface area is 160 Å². The van der Waals surface area contributed by atoms with Crippen molar-refractivity contribution in [1.29, 1.82) is 0 Å². The molecule has 0 N–H and O–H groups in total. The molecular weight excluding hydrogens is 364 g/mol. The van der Waals surface area contributed by atoms with E-state index in [9.17, 15) is 14.4 Å². The number of ketones is 1. The van der Waals surface area contributed by atoms with Crippen LogP contribution in [-0.4, -0.2) is 11.8 Å². The average molecular weight is 384 g/mol. The van der Waals surface area contributed by atoms with Gasteiger partial charge in [0, 0.05) is 28.3 Å². The molecule has 0 spiro atoms. The summed E-state index contributed by atoms with van der Waals surface area (Å²) in [7, 11) is 0. The molecule has 140 valence electrons. The second kappa shape index (κ2) is 7.88. The second-order valence-corrected chi connectivity index (χ2v) is 7.76. The van der Waals surface area contributed by atoms with Crippen molar-refractivity contribution >= 4 is 34.1 Å². The van der Waals surface area contributed by atoms with Crippen LogP contribution in [0, 0.1) is 20.8 Å². The summed E-state index contributed by atoms with van der Waals surface area (Å²) >= 11 is 1.42. The third-order valence-electron chi connectivity index (χ3n) is 4.48. The fourth-order valence-corrected chi connectivity index (χ4v) is 3.63. The first-order chi connectivity index (χ1) is 12.8. The Balaban J connectivity index is 1.66. The first-order valence-electron chi connectivity index (χ1n) is 8.63. The molecule has 0 radical (unpaired) electrons. The highest BCUT2D eigenvalue weighted by Gasteiger charge is 2.14. The molecule has 3 aromatic rings. The minimum atomic E-state index is -0.481. The fourth-order valence-electron chi connectivity index (χ4n) is 2.80. The van der Waals surface area contributed by atoms with Crippen molar-refractivity contribution in [3.05, 3.63) is 67.2 Å². The van der Waals surface area contributed by atoms with Crippen molar-refractivity contribution < 1.29 is 18.7 Å². The topological polar surface area (TPSA) is 73.6 Å². The van der Waals surface area contributed by atoms with Crippen molar-refractivity contribution in [3.8, 4) is 0 Å². The molecule has 0 aliphatic carbocycles. The molecule has 0 aliphatic rings. The molecule has 0 amide bonds. The van der Waals surface area contributed by atoms with Gasteiger partial charge < -0.3 is 9.15 Å². The largest absolute Gasteiger partial charge is 0.461 e. The molecule has 0 bridgehead atoms. The number of aryl methyl sites for hydroxylation is 3. The Kier molecular flexibility index (Phi) is 5.56. The first kappa shape index (κ1) is 19.0. The van der Waals surface area contributed by atoms with Crippen LogP contribution in [0.1, 0.15) is 44.1 Å². The predicted octanol–water partition coefficient (Wildman–Crippen LogP) is 4.49. The Morgan fingerprint density at radius 2 is 1.85 bits per heavy atom. The maximum absolute atomic E-state index is 12.1. The lowest BCUT2D eigenvalue weighted by atomic mass is 10.0. The van der Waals surface area contributed by atoms with Crippen LogP contribution < -0.4 is 5.63 Å². The second-order valence-electron chi connectivity index (χ2n) is 6.47. The summed E-state index contributed by atoms with van der Waals surface area (Å²) in [5, 5.41) is 0.746. The van der Waals surface area contributed by atoms with Gasteiger partial charge in [0.1, 0.15) is 12.2 Å². The Bertz CT molecular complexity index is 1070. The lowest BCUT2D eigenvalue weighted by Gasteiger charge is -2.09. The number of Topliss-reactive ketones (excluding diaryl/α,β-unsaturated/α-hetero) is 1. The van der Waals surface area contributed by atoms with E-state index >= 15 is 0 Å². The van der Waals surface area contributed by atoms with Gasteiger partial charge >= 0.3 is 11.6 Å². The molecule has 1 aromatic carbocycles. The smallest absolute Gasteiger partial charge is 0.336 e. The molecule has 0 saturated carbocycles. The molecule has 2 aromatic heterocycles. The number of benzene rings is 1. The Morgan fingerprint density at radius 1 is 1.07 bits per heavy atom. The lowest BCUT2D eigenvalue weighted by molar-refractivity contribution is -0.144. The van der Waals surface area contributed by atoms with E-state index in [0.717, 1.165) is 21.4 Å². The normalized spacial score (nSPS) is 10.9. The zero-order valence-corrected chi connectivity index (χ0v) is 16.3. The van der Waals surface area contributed by atoms with Crippen LogP contribution in [0.2, 0.25) is 0 Å². The standard InChI is InChI=1S/C21H20O5S/c1-12-4-6-16-15(10-20(24)26-21(16)14(12)3)11-25-19(23)9-7-17(22)18-8-5-13(2)27-18/h4-6,8,10H,7,9,11H2,1-3H3. The highest BCUT2D eigenvalue weighted by atomic mass is 32.1. The molecule has 2 heterocycles. The number of hydrogen-bond acceptors (Lipinski definition) is 6. The van der Waals surface area contributed by atoms with E-state index in [2.05, 4.69) is 0 Å². The number of rotatable bonds is 6. The van der Waals surface area contributed by atoms with Crippen LogP contribution in [0.15, 0.2) is 39.5 Å². The minimum Gasteiger partial charge on any atom is -0.461 e.